The Morgan fingerprint density at radius 3 is 2.86 bits per heavy atom. The monoisotopic (exact) mass is 338 g/mol. The van der Waals surface area contributed by atoms with Gasteiger partial charge < -0.3 is 10.1 Å². The van der Waals surface area contributed by atoms with Crippen LogP contribution in [0.25, 0.3) is 0 Å². The molecule has 1 aromatic carbocycles. The molecule has 1 amide bonds. The summed E-state index contributed by atoms with van der Waals surface area (Å²) >= 11 is 0.934. The molecule has 0 radical (unpaired) electrons. The Balaban J connectivity index is 1.80. The van der Waals surface area contributed by atoms with Crippen molar-refractivity contribution >= 4 is 27.3 Å². The molecule has 1 atom stereocenters. The lowest BCUT2D eigenvalue weighted by Crippen LogP contribution is -2.31. The van der Waals surface area contributed by atoms with Crippen molar-refractivity contribution in [3.8, 4) is 5.75 Å². The number of amides is 1. The summed E-state index contributed by atoms with van der Waals surface area (Å²) in [5.41, 5.74) is 1.21. The van der Waals surface area contributed by atoms with Crippen LogP contribution in [0.3, 0.4) is 0 Å². The highest BCUT2D eigenvalue weighted by molar-refractivity contribution is 7.91. The fourth-order valence-electron chi connectivity index (χ4n) is 2.32. The number of para-hydroxylation sites is 1. The van der Waals surface area contributed by atoms with E-state index in [0.29, 0.717) is 13.0 Å². The summed E-state index contributed by atoms with van der Waals surface area (Å²) in [6.07, 6.45) is 0.662. The maximum Gasteiger partial charge on any atom is 0.252 e. The van der Waals surface area contributed by atoms with Gasteiger partial charge in [0.1, 0.15) is 9.96 Å². The Labute approximate surface area is 132 Å². The Morgan fingerprint density at radius 1 is 1.36 bits per heavy atom. The van der Waals surface area contributed by atoms with Crippen molar-refractivity contribution in [2.45, 2.75) is 16.7 Å². The van der Waals surface area contributed by atoms with Crippen LogP contribution in [0.15, 0.2) is 39.9 Å². The quantitative estimate of drug-likeness (QED) is 0.889. The van der Waals surface area contributed by atoms with E-state index in [1.54, 1.807) is 0 Å². The summed E-state index contributed by atoms with van der Waals surface area (Å²) in [5.74, 6) is 0.433. The normalized spacial score (nSPS) is 17.4. The third-order valence-corrected chi connectivity index (χ3v) is 5.77. The maximum atomic E-state index is 12.3. The van der Waals surface area contributed by atoms with Crippen LogP contribution < -0.4 is 15.2 Å². The van der Waals surface area contributed by atoms with Crippen LogP contribution in [-0.2, 0) is 10.0 Å². The number of fused-ring (bicyclic) bond motifs is 1. The van der Waals surface area contributed by atoms with Gasteiger partial charge in [0, 0.05) is 17.4 Å². The van der Waals surface area contributed by atoms with Crippen LogP contribution in [0, 0.1) is 0 Å². The Kier molecular flexibility index (Phi) is 3.90. The molecule has 8 heteroatoms. The molecule has 0 aliphatic carbocycles. The molecule has 3 rings (SSSR count). The van der Waals surface area contributed by atoms with Gasteiger partial charge in [-0.25, -0.2) is 13.6 Å². The number of carbonyl (C=O) groups excluding carboxylic acids is 1. The van der Waals surface area contributed by atoms with Gasteiger partial charge in [-0.1, -0.05) is 18.2 Å². The molecule has 0 bridgehead atoms. The predicted molar refractivity (Wildman–Crippen MR) is 82.5 cm³/mol. The Morgan fingerprint density at radius 2 is 2.14 bits per heavy atom. The first-order valence-corrected chi connectivity index (χ1v) is 9.01. The molecule has 1 unspecified atom stereocenters. The average Bonchev–Trinajstić information content (AvgIpc) is 2.98. The molecule has 116 valence electrons. The zero-order valence-corrected chi connectivity index (χ0v) is 13.1. The molecule has 6 nitrogen and oxygen atoms in total. The number of carbonyl (C=O) groups is 1. The summed E-state index contributed by atoms with van der Waals surface area (Å²) < 4.78 is 28.0. The van der Waals surface area contributed by atoms with Crippen LogP contribution in [-0.4, -0.2) is 20.9 Å². The summed E-state index contributed by atoms with van der Waals surface area (Å²) in [6.45, 7) is 0.522. The second-order valence-electron chi connectivity index (χ2n) is 4.90. The summed E-state index contributed by atoms with van der Waals surface area (Å²) in [7, 11) is -3.78. The minimum atomic E-state index is -3.78. The van der Waals surface area contributed by atoms with E-state index in [4.69, 9.17) is 9.88 Å². The van der Waals surface area contributed by atoms with Crippen molar-refractivity contribution in [2.75, 3.05) is 6.61 Å². The number of primary sulfonamides is 1. The number of hydrogen-bond acceptors (Lipinski definition) is 5. The molecule has 2 aromatic rings. The van der Waals surface area contributed by atoms with Gasteiger partial charge in [0.25, 0.3) is 5.91 Å². The van der Waals surface area contributed by atoms with Crippen molar-refractivity contribution < 1.29 is 17.9 Å². The van der Waals surface area contributed by atoms with Gasteiger partial charge in [0.15, 0.2) is 0 Å². The molecule has 1 aliphatic heterocycles. The van der Waals surface area contributed by atoms with Crippen LogP contribution >= 0.6 is 11.3 Å². The number of benzene rings is 1. The number of ether oxygens (including phenoxy) is 1. The van der Waals surface area contributed by atoms with Gasteiger partial charge in [-0.15, -0.1) is 11.3 Å². The van der Waals surface area contributed by atoms with E-state index in [1.165, 1.54) is 11.4 Å². The summed E-state index contributed by atoms with van der Waals surface area (Å²) in [4.78, 5) is 12.3. The second-order valence-corrected chi connectivity index (χ2v) is 7.60. The van der Waals surface area contributed by atoms with Crippen molar-refractivity contribution in [1.29, 1.82) is 0 Å². The fraction of sp³-hybridized carbons (Fsp3) is 0.214. The van der Waals surface area contributed by atoms with Crippen molar-refractivity contribution in [1.82, 2.24) is 5.32 Å². The molecule has 0 saturated heterocycles. The lowest BCUT2D eigenvalue weighted by Gasteiger charge is -2.26. The number of hydrogen-bond donors (Lipinski definition) is 2. The largest absolute Gasteiger partial charge is 0.493 e. The molecule has 22 heavy (non-hydrogen) atoms. The molecular formula is C14H14N2O4S2. The summed E-state index contributed by atoms with van der Waals surface area (Å²) in [6, 6.07) is 8.66. The lowest BCUT2D eigenvalue weighted by atomic mass is 10.0. The second kappa shape index (κ2) is 5.71. The van der Waals surface area contributed by atoms with Gasteiger partial charge in [-0.05, 0) is 12.1 Å². The first-order valence-electron chi connectivity index (χ1n) is 6.59. The molecular weight excluding hydrogens is 324 g/mol. The smallest absolute Gasteiger partial charge is 0.252 e. The van der Waals surface area contributed by atoms with Crippen LogP contribution in [0.1, 0.15) is 28.4 Å². The Bertz CT molecular complexity index is 814. The highest BCUT2D eigenvalue weighted by Crippen LogP contribution is 2.32. The minimum Gasteiger partial charge on any atom is -0.493 e. The molecule has 1 aromatic heterocycles. The first kappa shape index (κ1) is 15.0. The number of rotatable bonds is 3. The van der Waals surface area contributed by atoms with Gasteiger partial charge in [-0.3, -0.25) is 4.79 Å². The predicted octanol–water partition coefficient (Wildman–Crippen LogP) is 1.65. The molecule has 3 N–H and O–H groups in total. The van der Waals surface area contributed by atoms with E-state index >= 15 is 0 Å². The number of nitrogens with two attached hydrogens (primary N) is 1. The maximum absolute atomic E-state index is 12.3. The first-order chi connectivity index (χ1) is 10.4. The minimum absolute atomic E-state index is 0.0231. The van der Waals surface area contributed by atoms with Crippen molar-refractivity contribution in [3.05, 3.63) is 46.8 Å². The third-order valence-electron chi connectivity index (χ3n) is 3.38. The van der Waals surface area contributed by atoms with Crippen molar-refractivity contribution in [3.63, 3.8) is 0 Å². The fourth-order valence-corrected chi connectivity index (χ4v) is 3.90. The van der Waals surface area contributed by atoms with Gasteiger partial charge in [-0.2, -0.15) is 0 Å². The van der Waals surface area contributed by atoms with Gasteiger partial charge in [0.05, 0.1) is 18.2 Å². The SMILES string of the molecule is NS(=O)(=O)c1cc(C(=O)NC2CCOc3ccccc32)cs1. The van der Waals surface area contributed by atoms with E-state index in [1.807, 2.05) is 24.3 Å². The van der Waals surface area contributed by atoms with E-state index in [2.05, 4.69) is 5.32 Å². The highest BCUT2D eigenvalue weighted by Gasteiger charge is 2.24. The zero-order chi connectivity index (χ0) is 15.7. The topological polar surface area (TPSA) is 98.5 Å². The van der Waals surface area contributed by atoms with E-state index in [0.717, 1.165) is 22.6 Å². The van der Waals surface area contributed by atoms with Crippen LogP contribution in [0.2, 0.25) is 0 Å². The van der Waals surface area contributed by atoms with Crippen LogP contribution in [0.4, 0.5) is 0 Å². The average molecular weight is 338 g/mol. The molecule has 2 heterocycles. The molecule has 0 fully saturated rings. The number of thiophene rings is 1. The molecule has 1 aliphatic rings. The number of nitrogens with one attached hydrogen (secondary N) is 1. The number of sulfonamides is 1. The summed E-state index contributed by atoms with van der Waals surface area (Å²) in [5, 5.41) is 9.45. The Hall–Kier alpha value is -1.90. The van der Waals surface area contributed by atoms with Gasteiger partial charge >= 0.3 is 0 Å². The standard InChI is InChI=1S/C14H14N2O4S2/c15-22(18,19)13-7-9(8-21-13)14(17)16-11-5-6-20-12-4-2-1-3-10(11)12/h1-4,7-8,11H,5-6H2,(H,16,17)(H2,15,18,19). The van der Waals surface area contributed by atoms with E-state index in [-0.39, 0.29) is 21.7 Å². The zero-order valence-electron chi connectivity index (χ0n) is 11.5. The third kappa shape index (κ3) is 2.99. The molecule has 0 saturated carbocycles. The van der Waals surface area contributed by atoms with E-state index in [9.17, 15) is 13.2 Å². The van der Waals surface area contributed by atoms with Crippen LogP contribution in [0.5, 0.6) is 5.75 Å². The lowest BCUT2D eigenvalue weighted by molar-refractivity contribution is 0.0925. The van der Waals surface area contributed by atoms with Gasteiger partial charge in [0.2, 0.25) is 10.0 Å². The van der Waals surface area contributed by atoms with E-state index < -0.39 is 10.0 Å². The van der Waals surface area contributed by atoms with Crippen molar-refractivity contribution in [2.24, 2.45) is 5.14 Å². The molecule has 0 spiro atoms. The highest BCUT2D eigenvalue weighted by atomic mass is 32.2.